The first kappa shape index (κ1) is 10.0. The van der Waals surface area contributed by atoms with Crippen LogP contribution in [0.5, 0.6) is 0 Å². The summed E-state index contributed by atoms with van der Waals surface area (Å²) in [6.45, 7) is 1.27. The Hall–Kier alpha value is 0.0300. The predicted octanol–water partition coefficient (Wildman–Crippen LogP) is 0.139. The van der Waals surface area contributed by atoms with Gasteiger partial charge in [-0.25, -0.2) is 8.93 Å². The van der Waals surface area contributed by atoms with Crippen LogP contribution in [0.25, 0.3) is 0 Å². The summed E-state index contributed by atoms with van der Waals surface area (Å²) in [5.41, 5.74) is 0. The molecule has 0 heterocycles. The van der Waals surface area contributed by atoms with Crippen LogP contribution in [-0.2, 0) is 16.0 Å². The first-order valence-corrected chi connectivity index (χ1v) is 4.21. The largest absolute Gasteiger partial charge is 0.385 e. The van der Waals surface area contributed by atoms with Crippen molar-refractivity contribution in [3.63, 3.8) is 0 Å². The molecule has 2 N–H and O–H groups in total. The number of unbranched alkanes of at least 4 members (excludes halogenated alkanes) is 1. The van der Waals surface area contributed by atoms with Crippen LogP contribution in [-0.4, -0.2) is 29.0 Å². The van der Waals surface area contributed by atoms with Crippen LogP contribution in [0.2, 0.25) is 0 Å². The molecule has 0 aliphatic carbocycles. The third kappa shape index (κ3) is 8.03. The molecular weight excluding hydrogens is 154 g/mol. The molecule has 0 saturated heterocycles. The maximum absolute atomic E-state index is 10.0. The summed E-state index contributed by atoms with van der Waals surface area (Å²) in [6.07, 6.45) is 1.78. The Labute approximate surface area is 63.4 Å². The van der Waals surface area contributed by atoms with Crippen LogP contribution in [0, 0.1) is 0 Å². The van der Waals surface area contributed by atoms with Crippen molar-refractivity contribution in [2.75, 3.05) is 20.3 Å². The first-order valence-electron chi connectivity index (χ1n) is 3.10. The van der Waals surface area contributed by atoms with Crippen molar-refractivity contribution < 1.29 is 13.5 Å². The van der Waals surface area contributed by atoms with Crippen molar-refractivity contribution in [2.45, 2.75) is 12.8 Å². The Morgan fingerprint density at radius 1 is 1.60 bits per heavy atom. The van der Waals surface area contributed by atoms with Gasteiger partial charge in [-0.2, -0.15) is 0 Å². The number of hydrogen-bond donors (Lipinski definition) is 2. The normalized spacial score (nSPS) is 13.4. The molecular formula is C5H13NO3S. The standard InChI is InChI=1S/C5H13NO3S/c1-9-5-3-2-4-6-10(7)8/h6H,2-5H2,1H3,(H,7,8). The Balaban J connectivity index is 2.84. The van der Waals surface area contributed by atoms with Gasteiger partial charge in [-0.3, -0.25) is 4.55 Å². The molecule has 4 nitrogen and oxygen atoms in total. The molecule has 0 spiro atoms. The lowest BCUT2D eigenvalue weighted by Gasteiger charge is -1.98. The van der Waals surface area contributed by atoms with Crippen molar-refractivity contribution >= 4 is 11.3 Å². The molecule has 0 aromatic heterocycles. The van der Waals surface area contributed by atoms with Crippen LogP contribution in [0.15, 0.2) is 0 Å². The molecule has 0 aromatic rings. The Bertz CT molecular complexity index is 98.9. The van der Waals surface area contributed by atoms with Gasteiger partial charge in [0, 0.05) is 20.3 Å². The number of hydrogen-bond acceptors (Lipinski definition) is 2. The van der Waals surface area contributed by atoms with E-state index in [1.54, 1.807) is 7.11 Å². The fourth-order valence-corrected chi connectivity index (χ4v) is 0.850. The van der Waals surface area contributed by atoms with Crippen molar-refractivity contribution in [2.24, 2.45) is 0 Å². The number of nitrogens with one attached hydrogen (secondary N) is 1. The molecule has 0 bridgehead atoms. The van der Waals surface area contributed by atoms with E-state index in [9.17, 15) is 4.21 Å². The monoisotopic (exact) mass is 167 g/mol. The van der Waals surface area contributed by atoms with Crippen molar-refractivity contribution in [3.8, 4) is 0 Å². The van der Waals surface area contributed by atoms with Gasteiger partial charge >= 0.3 is 0 Å². The molecule has 0 aliphatic rings. The minimum absolute atomic E-state index is 0.562. The highest BCUT2D eigenvalue weighted by molar-refractivity contribution is 7.77. The van der Waals surface area contributed by atoms with E-state index in [4.69, 9.17) is 9.29 Å². The third-order valence-corrected chi connectivity index (χ3v) is 1.45. The van der Waals surface area contributed by atoms with E-state index in [1.165, 1.54) is 0 Å². The van der Waals surface area contributed by atoms with Gasteiger partial charge in [-0.1, -0.05) is 0 Å². The summed E-state index contributed by atoms with van der Waals surface area (Å²) >= 11 is -1.86. The van der Waals surface area contributed by atoms with E-state index in [2.05, 4.69) is 4.72 Å². The van der Waals surface area contributed by atoms with Crippen LogP contribution >= 0.6 is 0 Å². The van der Waals surface area contributed by atoms with Gasteiger partial charge in [0.15, 0.2) is 0 Å². The van der Waals surface area contributed by atoms with E-state index in [1.807, 2.05) is 0 Å². The molecule has 62 valence electrons. The Morgan fingerprint density at radius 3 is 2.80 bits per heavy atom. The van der Waals surface area contributed by atoms with Gasteiger partial charge in [-0.15, -0.1) is 0 Å². The summed E-state index contributed by atoms with van der Waals surface area (Å²) < 4.78 is 25.4. The fourth-order valence-electron chi connectivity index (χ4n) is 0.531. The molecule has 0 radical (unpaired) electrons. The number of ether oxygens (including phenoxy) is 1. The zero-order valence-corrected chi connectivity index (χ0v) is 6.82. The summed E-state index contributed by atoms with van der Waals surface area (Å²) in [5.74, 6) is 0. The molecule has 0 fully saturated rings. The molecule has 0 saturated carbocycles. The molecule has 10 heavy (non-hydrogen) atoms. The lowest BCUT2D eigenvalue weighted by atomic mass is 10.3. The van der Waals surface area contributed by atoms with Gasteiger partial charge in [-0.05, 0) is 12.8 Å². The van der Waals surface area contributed by atoms with Crippen LogP contribution in [0.3, 0.4) is 0 Å². The third-order valence-electron chi connectivity index (χ3n) is 1.00. The quantitative estimate of drug-likeness (QED) is 0.437. The van der Waals surface area contributed by atoms with E-state index < -0.39 is 11.3 Å². The van der Waals surface area contributed by atoms with Gasteiger partial charge in [0.25, 0.3) is 0 Å². The van der Waals surface area contributed by atoms with Crippen molar-refractivity contribution in [1.82, 2.24) is 4.72 Å². The highest BCUT2D eigenvalue weighted by atomic mass is 32.2. The van der Waals surface area contributed by atoms with Crippen LogP contribution < -0.4 is 4.72 Å². The van der Waals surface area contributed by atoms with Crippen molar-refractivity contribution in [1.29, 1.82) is 0 Å². The highest BCUT2D eigenvalue weighted by Gasteiger charge is 1.90. The molecule has 0 amide bonds. The van der Waals surface area contributed by atoms with Crippen LogP contribution in [0.1, 0.15) is 12.8 Å². The lowest BCUT2D eigenvalue weighted by Crippen LogP contribution is -2.17. The smallest absolute Gasteiger partial charge is 0.231 e. The molecule has 0 rings (SSSR count). The number of rotatable bonds is 6. The topological polar surface area (TPSA) is 58.6 Å². The minimum Gasteiger partial charge on any atom is -0.385 e. The lowest BCUT2D eigenvalue weighted by molar-refractivity contribution is 0.193. The fraction of sp³-hybridized carbons (Fsp3) is 1.00. The molecule has 1 unspecified atom stereocenters. The van der Waals surface area contributed by atoms with Gasteiger partial charge < -0.3 is 4.74 Å². The van der Waals surface area contributed by atoms with Crippen molar-refractivity contribution in [3.05, 3.63) is 0 Å². The minimum atomic E-state index is -1.86. The summed E-state index contributed by atoms with van der Waals surface area (Å²) in [4.78, 5) is 0. The summed E-state index contributed by atoms with van der Waals surface area (Å²) in [6, 6.07) is 0. The zero-order valence-electron chi connectivity index (χ0n) is 6.00. The SMILES string of the molecule is COCCCCNS(=O)O. The summed E-state index contributed by atoms with van der Waals surface area (Å²) in [5, 5.41) is 0. The molecule has 1 atom stereocenters. The zero-order chi connectivity index (χ0) is 7.82. The molecule has 0 aliphatic heterocycles. The summed E-state index contributed by atoms with van der Waals surface area (Å²) in [7, 11) is 1.64. The second kappa shape index (κ2) is 7.14. The second-order valence-corrected chi connectivity index (χ2v) is 2.63. The molecule has 0 aromatic carbocycles. The van der Waals surface area contributed by atoms with E-state index >= 15 is 0 Å². The Morgan fingerprint density at radius 2 is 2.30 bits per heavy atom. The van der Waals surface area contributed by atoms with E-state index in [0.717, 1.165) is 12.8 Å². The Kier molecular flexibility index (Phi) is 7.16. The maximum atomic E-state index is 10.0. The highest BCUT2D eigenvalue weighted by Crippen LogP contribution is 1.86. The second-order valence-electron chi connectivity index (χ2n) is 1.84. The maximum Gasteiger partial charge on any atom is 0.231 e. The van der Waals surface area contributed by atoms with Gasteiger partial charge in [0.05, 0.1) is 0 Å². The van der Waals surface area contributed by atoms with Crippen LogP contribution in [0.4, 0.5) is 0 Å². The van der Waals surface area contributed by atoms with Gasteiger partial charge in [0.1, 0.15) is 0 Å². The average molecular weight is 167 g/mol. The first-order chi connectivity index (χ1) is 4.77. The van der Waals surface area contributed by atoms with E-state index in [0.29, 0.717) is 13.2 Å². The van der Waals surface area contributed by atoms with Gasteiger partial charge in [0.2, 0.25) is 11.3 Å². The average Bonchev–Trinajstić information content (AvgIpc) is 1.87. The number of methoxy groups -OCH3 is 1. The predicted molar refractivity (Wildman–Crippen MR) is 39.9 cm³/mol. The van der Waals surface area contributed by atoms with E-state index in [-0.39, 0.29) is 0 Å². The molecule has 5 heteroatoms.